The predicted molar refractivity (Wildman–Crippen MR) is 86.9 cm³/mol. The Labute approximate surface area is 132 Å². The van der Waals surface area contributed by atoms with Gasteiger partial charge in [-0.15, -0.1) is 0 Å². The van der Waals surface area contributed by atoms with Crippen molar-refractivity contribution in [1.29, 1.82) is 0 Å². The number of likely N-dealkylation sites (tertiary alicyclic amines) is 1. The minimum atomic E-state index is -0.411. The van der Waals surface area contributed by atoms with Crippen molar-refractivity contribution < 1.29 is 14.6 Å². The number of nitrogens with zero attached hydrogens (tertiary/aromatic N) is 1. The molecule has 1 aliphatic rings. The van der Waals surface area contributed by atoms with Gasteiger partial charge in [0.15, 0.2) is 0 Å². The van der Waals surface area contributed by atoms with Crippen LogP contribution < -0.4 is 5.32 Å². The van der Waals surface area contributed by atoms with Crippen LogP contribution in [0.2, 0.25) is 0 Å². The highest BCUT2D eigenvalue weighted by Crippen LogP contribution is 2.21. The van der Waals surface area contributed by atoms with E-state index in [1.54, 1.807) is 4.90 Å². The summed E-state index contributed by atoms with van der Waals surface area (Å²) in [6.45, 7) is 7.62. The maximum Gasteiger partial charge on any atom is 0.321 e. The highest BCUT2D eigenvalue weighted by molar-refractivity contribution is 5.90. The Morgan fingerprint density at radius 1 is 1.50 bits per heavy atom. The second-order valence-electron chi connectivity index (χ2n) is 6.12. The molecule has 5 nitrogen and oxygen atoms in total. The SMILES string of the molecule is Cc1c(COC(C)C)cccc1NC(=O)N1CCCC(O)C1. The molecule has 5 heteroatoms. The number of nitrogens with one attached hydrogen (secondary N) is 1. The van der Waals surface area contributed by atoms with E-state index in [2.05, 4.69) is 5.32 Å². The third-order valence-electron chi connectivity index (χ3n) is 3.94. The molecule has 0 aromatic heterocycles. The van der Waals surface area contributed by atoms with Crippen LogP contribution in [0.1, 0.15) is 37.8 Å². The monoisotopic (exact) mass is 306 g/mol. The largest absolute Gasteiger partial charge is 0.391 e. The molecule has 2 N–H and O–H groups in total. The van der Waals surface area contributed by atoms with Crippen LogP contribution in [0, 0.1) is 6.92 Å². The van der Waals surface area contributed by atoms with Crippen molar-refractivity contribution in [2.24, 2.45) is 0 Å². The van der Waals surface area contributed by atoms with E-state index in [1.165, 1.54) is 0 Å². The summed E-state index contributed by atoms with van der Waals surface area (Å²) in [6, 6.07) is 5.68. The number of β-amino-alcohol motifs (C(OH)–C–C–N with tert-alkyl or cyclic N) is 1. The molecule has 1 aliphatic heterocycles. The van der Waals surface area contributed by atoms with Gasteiger partial charge in [0.05, 0.1) is 18.8 Å². The number of piperidine rings is 1. The smallest absolute Gasteiger partial charge is 0.321 e. The van der Waals surface area contributed by atoms with Crippen LogP contribution in [0.5, 0.6) is 0 Å². The highest BCUT2D eigenvalue weighted by Gasteiger charge is 2.22. The van der Waals surface area contributed by atoms with E-state index in [0.717, 1.165) is 29.7 Å². The molecule has 0 saturated carbocycles. The fourth-order valence-corrected chi connectivity index (χ4v) is 2.57. The molecule has 2 rings (SSSR count). The van der Waals surface area contributed by atoms with E-state index in [0.29, 0.717) is 19.7 Å². The molecule has 0 radical (unpaired) electrons. The van der Waals surface area contributed by atoms with Crippen molar-refractivity contribution in [2.45, 2.75) is 52.4 Å². The van der Waals surface area contributed by atoms with E-state index in [-0.39, 0.29) is 12.1 Å². The first-order chi connectivity index (χ1) is 10.5. The predicted octanol–water partition coefficient (Wildman–Crippen LogP) is 2.91. The number of hydrogen-bond donors (Lipinski definition) is 2. The van der Waals surface area contributed by atoms with Crippen LogP contribution in [-0.2, 0) is 11.3 Å². The lowest BCUT2D eigenvalue weighted by Crippen LogP contribution is -2.44. The molecule has 0 aliphatic carbocycles. The number of benzene rings is 1. The van der Waals surface area contributed by atoms with E-state index < -0.39 is 6.10 Å². The minimum absolute atomic E-state index is 0.149. The summed E-state index contributed by atoms with van der Waals surface area (Å²) in [5, 5.41) is 12.6. The van der Waals surface area contributed by atoms with Gasteiger partial charge in [0.25, 0.3) is 0 Å². The fourth-order valence-electron chi connectivity index (χ4n) is 2.57. The standard InChI is InChI=1S/C17H26N2O3/c1-12(2)22-11-14-6-4-8-16(13(14)3)18-17(21)19-9-5-7-15(20)10-19/h4,6,8,12,15,20H,5,7,9-11H2,1-3H3,(H,18,21). The summed E-state index contributed by atoms with van der Waals surface area (Å²) in [5.74, 6) is 0. The molecule has 1 saturated heterocycles. The number of hydrogen-bond acceptors (Lipinski definition) is 3. The number of ether oxygens (including phenoxy) is 1. The van der Waals surface area contributed by atoms with Crippen LogP contribution in [0.4, 0.5) is 10.5 Å². The lowest BCUT2D eigenvalue weighted by Gasteiger charge is -2.30. The Hall–Kier alpha value is -1.59. The van der Waals surface area contributed by atoms with Gasteiger partial charge in [-0.3, -0.25) is 0 Å². The normalized spacial score (nSPS) is 18.6. The molecule has 2 amide bonds. The molecular weight excluding hydrogens is 280 g/mol. The van der Waals surface area contributed by atoms with E-state index in [1.807, 2.05) is 39.0 Å². The summed E-state index contributed by atoms with van der Waals surface area (Å²) in [7, 11) is 0. The van der Waals surface area contributed by atoms with Gasteiger partial charge in [-0.2, -0.15) is 0 Å². The van der Waals surface area contributed by atoms with Crippen molar-refractivity contribution in [2.75, 3.05) is 18.4 Å². The molecule has 1 aromatic rings. The highest BCUT2D eigenvalue weighted by atomic mass is 16.5. The van der Waals surface area contributed by atoms with Gasteiger partial charge in [0.2, 0.25) is 0 Å². The molecule has 1 atom stereocenters. The first-order valence-corrected chi connectivity index (χ1v) is 7.91. The van der Waals surface area contributed by atoms with E-state index in [9.17, 15) is 9.90 Å². The van der Waals surface area contributed by atoms with Gasteiger partial charge in [0.1, 0.15) is 0 Å². The lowest BCUT2D eigenvalue weighted by atomic mass is 10.1. The summed E-state index contributed by atoms with van der Waals surface area (Å²) >= 11 is 0. The third-order valence-corrected chi connectivity index (χ3v) is 3.94. The Kier molecular flexibility index (Phi) is 5.80. The summed E-state index contributed by atoms with van der Waals surface area (Å²) < 4.78 is 5.64. The number of amides is 2. The fraction of sp³-hybridized carbons (Fsp3) is 0.588. The number of carbonyl (C=O) groups excluding carboxylic acids is 1. The number of carbonyl (C=O) groups is 1. The van der Waals surface area contributed by atoms with E-state index >= 15 is 0 Å². The van der Waals surface area contributed by atoms with Gasteiger partial charge in [-0.25, -0.2) is 4.79 Å². The quantitative estimate of drug-likeness (QED) is 0.899. The zero-order valence-corrected chi connectivity index (χ0v) is 13.6. The van der Waals surface area contributed by atoms with Crippen LogP contribution in [0.3, 0.4) is 0 Å². The number of rotatable bonds is 4. The van der Waals surface area contributed by atoms with Gasteiger partial charge in [-0.05, 0) is 50.8 Å². The zero-order valence-electron chi connectivity index (χ0n) is 13.6. The molecule has 22 heavy (non-hydrogen) atoms. The summed E-state index contributed by atoms with van der Waals surface area (Å²) in [6.07, 6.45) is 1.37. The lowest BCUT2D eigenvalue weighted by molar-refractivity contribution is 0.0654. The van der Waals surface area contributed by atoms with E-state index in [4.69, 9.17) is 4.74 Å². The summed E-state index contributed by atoms with van der Waals surface area (Å²) in [5.41, 5.74) is 2.90. The van der Waals surface area contributed by atoms with Crippen molar-refractivity contribution >= 4 is 11.7 Å². The van der Waals surface area contributed by atoms with Crippen molar-refractivity contribution in [3.63, 3.8) is 0 Å². The number of urea groups is 1. The number of anilines is 1. The van der Waals surface area contributed by atoms with Crippen LogP contribution in [0.25, 0.3) is 0 Å². The van der Waals surface area contributed by atoms with Crippen molar-refractivity contribution in [1.82, 2.24) is 4.90 Å². The van der Waals surface area contributed by atoms with Gasteiger partial charge >= 0.3 is 6.03 Å². The molecule has 1 unspecified atom stereocenters. The number of aliphatic hydroxyl groups excluding tert-OH is 1. The van der Waals surface area contributed by atoms with Crippen molar-refractivity contribution in [3.05, 3.63) is 29.3 Å². The maximum atomic E-state index is 12.3. The Morgan fingerprint density at radius 3 is 2.95 bits per heavy atom. The second-order valence-corrected chi connectivity index (χ2v) is 6.12. The average molecular weight is 306 g/mol. The van der Waals surface area contributed by atoms with Crippen molar-refractivity contribution in [3.8, 4) is 0 Å². The molecule has 0 bridgehead atoms. The Bertz CT molecular complexity index is 517. The van der Waals surface area contributed by atoms with Crippen LogP contribution in [-0.4, -0.2) is 41.3 Å². The molecular formula is C17H26N2O3. The maximum absolute atomic E-state index is 12.3. The molecule has 122 valence electrons. The first kappa shape index (κ1) is 16.8. The molecule has 1 heterocycles. The Balaban J connectivity index is 2.02. The van der Waals surface area contributed by atoms with Gasteiger partial charge in [0, 0.05) is 18.8 Å². The average Bonchev–Trinajstić information content (AvgIpc) is 2.48. The second kappa shape index (κ2) is 7.61. The van der Waals surface area contributed by atoms with Crippen LogP contribution >= 0.6 is 0 Å². The van der Waals surface area contributed by atoms with Gasteiger partial charge < -0.3 is 20.1 Å². The third kappa shape index (κ3) is 4.45. The Morgan fingerprint density at radius 2 is 2.27 bits per heavy atom. The molecule has 1 fully saturated rings. The molecule has 0 spiro atoms. The number of aliphatic hydroxyl groups is 1. The van der Waals surface area contributed by atoms with Crippen LogP contribution in [0.15, 0.2) is 18.2 Å². The molecule has 1 aromatic carbocycles. The first-order valence-electron chi connectivity index (χ1n) is 7.91. The zero-order chi connectivity index (χ0) is 16.1. The minimum Gasteiger partial charge on any atom is -0.391 e. The topological polar surface area (TPSA) is 61.8 Å². The van der Waals surface area contributed by atoms with Gasteiger partial charge in [-0.1, -0.05) is 12.1 Å². The summed E-state index contributed by atoms with van der Waals surface area (Å²) in [4.78, 5) is 14.0.